The highest BCUT2D eigenvalue weighted by molar-refractivity contribution is 5.75. The molecule has 0 atom stereocenters. The van der Waals surface area contributed by atoms with Crippen LogP contribution in [0.5, 0.6) is 0 Å². The van der Waals surface area contributed by atoms with Crippen molar-refractivity contribution in [1.82, 2.24) is 10.2 Å². The van der Waals surface area contributed by atoms with Crippen LogP contribution < -0.4 is 5.32 Å². The Morgan fingerprint density at radius 3 is 2.50 bits per heavy atom. The molecule has 104 valence electrons. The van der Waals surface area contributed by atoms with Crippen LogP contribution in [0.15, 0.2) is 0 Å². The van der Waals surface area contributed by atoms with Gasteiger partial charge in [0.15, 0.2) is 0 Å². The first-order valence-electron chi connectivity index (χ1n) is 6.88. The predicted molar refractivity (Wildman–Crippen MR) is 69.5 cm³/mol. The van der Waals surface area contributed by atoms with Gasteiger partial charge in [0.2, 0.25) is 0 Å². The lowest BCUT2D eigenvalue weighted by atomic mass is 9.89. The van der Waals surface area contributed by atoms with Crippen molar-refractivity contribution in [1.29, 1.82) is 0 Å². The molecule has 0 bridgehead atoms. The van der Waals surface area contributed by atoms with Crippen molar-refractivity contribution in [3.05, 3.63) is 0 Å². The standard InChI is InChI=1S/C13H24N2O3/c1-2-15(9-8-12(16)17)13(18)14-10-11-6-4-3-5-7-11/h11H,2-10H2,1H3,(H,14,18)(H,16,17). The third kappa shape index (κ3) is 5.38. The topological polar surface area (TPSA) is 69.6 Å². The molecule has 1 saturated carbocycles. The van der Waals surface area contributed by atoms with Crippen LogP contribution in [0.1, 0.15) is 45.4 Å². The van der Waals surface area contributed by atoms with Crippen LogP contribution in [-0.2, 0) is 4.79 Å². The van der Waals surface area contributed by atoms with Crippen molar-refractivity contribution < 1.29 is 14.7 Å². The second-order valence-corrected chi connectivity index (χ2v) is 4.91. The lowest BCUT2D eigenvalue weighted by molar-refractivity contribution is -0.137. The average Bonchev–Trinajstić information content (AvgIpc) is 2.38. The van der Waals surface area contributed by atoms with Crippen molar-refractivity contribution >= 4 is 12.0 Å². The molecule has 2 amide bonds. The highest BCUT2D eigenvalue weighted by Crippen LogP contribution is 2.22. The minimum absolute atomic E-state index is 0.00465. The Morgan fingerprint density at radius 2 is 1.94 bits per heavy atom. The fraction of sp³-hybridized carbons (Fsp3) is 0.846. The van der Waals surface area contributed by atoms with Gasteiger partial charge in [-0.1, -0.05) is 19.3 Å². The third-order valence-corrected chi connectivity index (χ3v) is 3.53. The number of aliphatic carboxylic acids is 1. The molecule has 1 rings (SSSR count). The summed E-state index contributed by atoms with van der Waals surface area (Å²) in [5.74, 6) is -0.269. The molecule has 5 heteroatoms. The Kier molecular flexibility index (Phi) is 6.54. The summed E-state index contributed by atoms with van der Waals surface area (Å²) in [4.78, 5) is 23.9. The van der Waals surface area contributed by atoms with Gasteiger partial charge in [-0.25, -0.2) is 4.79 Å². The number of amides is 2. The van der Waals surface area contributed by atoms with Gasteiger partial charge < -0.3 is 15.3 Å². The van der Waals surface area contributed by atoms with Crippen molar-refractivity contribution in [3.63, 3.8) is 0 Å². The van der Waals surface area contributed by atoms with Crippen molar-refractivity contribution in [2.45, 2.75) is 45.4 Å². The minimum Gasteiger partial charge on any atom is -0.481 e. The molecule has 0 aromatic carbocycles. The Balaban J connectivity index is 2.25. The zero-order chi connectivity index (χ0) is 13.4. The molecule has 2 N–H and O–H groups in total. The van der Waals surface area contributed by atoms with E-state index in [1.807, 2.05) is 6.92 Å². The summed E-state index contributed by atoms with van der Waals surface area (Å²) in [7, 11) is 0. The first-order valence-corrected chi connectivity index (χ1v) is 6.88. The summed E-state index contributed by atoms with van der Waals surface area (Å²) in [5.41, 5.74) is 0. The van der Waals surface area contributed by atoms with Gasteiger partial charge in [-0.3, -0.25) is 4.79 Å². The molecule has 0 aliphatic heterocycles. The largest absolute Gasteiger partial charge is 0.481 e. The van der Waals surface area contributed by atoms with E-state index in [4.69, 9.17) is 5.11 Å². The molecule has 0 aromatic rings. The molecule has 18 heavy (non-hydrogen) atoms. The maximum absolute atomic E-state index is 11.9. The number of carbonyl (C=O) groups is 2. The van der Waals surface area contributed by atoms with Gasteiger partial charge >= 0.3 is 12.0 Å². The highest BCUT2D eigenvalue weighted by atomic mass is 16.4. The molecular weight excluding hydrogens is 232 g/mol. The first-order chi connectivity index (χ1) is 8.63. The van der Waals surface area contributed by atoms with Gasteiger partial charge in [0.25, 0.3) is 0 Å². The molecule has 0 unspecified atom stereocenters. The summed E-state index contributed by atoms with van der Waals surface area (Å²) >= 11 is 0. The fourth-order valence-electron chi connectivity index (χ4n) is 2.37. The third-order valence-electron chi connectivity index (χ3n) is 3.53. The number of hydrogen-bond acceptors (Lipinski definition) is 2. The van der Waals surface area contributed by atoms with Gasteiger partial charge in [-0.2, -0.15) is 0 Å². The van der Waals surface area contributed by atoms with Crippen LogP contribution in [-0.4, -0.2) is 41.6 Å². The van der Waals surface area contributed by atoms with E-state index in [2.05, 4.69) is 5.32 Å². The molecule has 1 fully saturated rings. The summed E-state index contributed by atoms with van der Waals surface area (Å²) in [6.45, 7) is 3.41. The lowest BCUT2D eigenvalue weighted by Crippen LogP contribution is -2.42. The van der Waals surface area contributed by atoms with E-state index in [1.54, 1.807) is 4.90 Å². The molecule has 1 aliphatic carbocycles. The minimum atomic E-state index is -0.867. The number of urea groups is 1. The van der Waals surface area contributed by atoms with E-state index in [9.17, 15) is 9.59 Å². The number of hydrogen-bond donors (Lipinski definition) is 2. The zero-order valence-corrected chi connectivity index (χ0v) is 11.2. The molecular formula is C13H24N2O3. The molecule has 0 radical (unpaired) electrons. The van der Waals surface area contributed by atoms with Crippen LogP contribution in [0.3, 0.4) is 0 Å². The maximum Gasteiger partial charge on any atom is 0.317 e. The van der Waals surface area contributed by atoms with E-state index >= 15 is 0 Å². The van der Waals surface area contributed by atoms with Crippen LogP contribution in [0.25, 0.3) is 0 Å². The molecule has 0 spiro atoms. The zero-order valence-electron chi connectivity index (χ0n) is 11.2. The second-order valence-electron chi connectivity index (χ2n) is 4.91. The molecule has 1 aliphatic rings. The molecule has 0 aromatic heterocycles. The smallest absolute Gasteiger partial charge is 0.317 e. The number of rotatable bonds is 6. The van der Waals surface area contributed by atoms with Gasteiger partial charge in [-0.05, 0) is 25.7 Å². The van der Waals surface area contributed by atoms with Crippen molar-refractivity contribution in [2.75, 3.05) is 19.6 Å². The maximum atomic E-state index is 11.9. The number of carbonyl (C=O) groups excluding carboxylic acids is 1. The summed E-state index contributed by atoms with van der Waals surface area (Å²) < 4.78 is 0. The Hall–Kier alpha value is -1.26. The predicted octanol–water partition coefficient (Wildman–Crippen LogP) is 2.07. The highest BCUT2D eigenvalue weighted by Gasteiger charge is 2.17. The van der Waals surface area contributed by atoms with Crippen LogP contribution in [0, 0.1) is 5.92 Å². The van der Waals surface area contributed by atoms with Crippen molar-refractivity contribution in [3.8, 4) is 0 Å². The monoisotopic (exact) mass is 256 g/mol. The fourth-order valence-corrected chi connectivity index (χ4v) is 2.37. The number of nitrogens with one attached hydrogen (secondary N) is 1. The van der Waals surface area contributed by atoms with Gasteiger partial charge in [0.1, 0.15) is 0 Å². The summed E-state index contributed by atoms with van der Waals surface area (Å²) in [5, 5.41) is 11.5. The number of nitrogens with zero attached hydrogens (tertiary/aromatic N) is 1. The SMILES string of the molecule is CCN(CCC(=O)O)C(=O)NCC1CCCCC1. The Morgan fingerprint density at radius 1 is 1.28 bits per heavy atom. The summed E-state index contributed by atoms with van der Waals surface area (Å²) in [6.07, 6.45) is 6.23. The number of carboxylic acid groups (broad SMARTS) is 1. The number of carboxylic acids is 1. The average molecular weight is 256 g/mol. The van der Waals surface area contributed by atoms with E-state index in [0.29, 0.717) is 12.5 Å². The molecule has 0 heterocycles. The van der Waals surface area contributed by atoms with Crippen LogP contribution >= 0.6 is 0 Å². The first kappa shape index (κ1) is 14.8. The van der Waals surface area contributed by atoms with E-state index in [0.717, 1.165) is 6.54 Å². The van der Waals surface area contributed by atoms with Crippen LogP contribution in [0.2, 0.25) is 0 Å². The van der Waals surface area contributed by atoms with Crippen LogP contribution in [0.4, 0.5) is 4.79 Å². The second kappa shape index (κ2) is 7.95. The van der Waals surface area contributed by atoms with Crippen molar-refractivity contribution in [2.24, 2.45) is 5.92 Å². The van der Waals surface area contributed by atoms with Gasteiger partial charge in [0, 0.05) is 19.6 Å². The molecule has 0 saturated heterocycles. The van der Waals surface area contributed by atoms with Gasteiger partial charge in [-0.15, -0.1) is 0 Å². The van der Waals surface area contributed by atoms with E-state index in [1.165, 1.54) is 32.1 Å². The van der Waals surface area contributed by atoms with E-state index in [-0.39, 0.29) is 19.0 Å². The lowest BCUT2D eigenvalue weighted by Gasteiger charge is -2.25. The van der Waals surface area contributed by atoms with Gasteiger partial charge in [0.05, 0.1) is 6.42 Å². The normalized spacial score (nSPS) is 16.3. The summed E-state index contributed by atoms with van der Waals surface area (Å²) in [6, 6.07) is -0.135. The quantitative estimate of drug-likeness (QED) is 0.764. The molecule has 5 nitrogen and oxygen atoms in total. The Labute approximate surface area is 109 Å². The Bertz CT molecular complexity index is 275. The van der Waals surface area contributed by atoms with E-state index < -0.39 is 5.97 Å².